The molecule has 8 heteroatoms. The first-order valence-electron chi connectivity index (χ1n) is 10.5. The van der Waals surface area contributed by atoms with Crippen molar-refractivity contribution >= 4 is 22.7 Å². The average Bonchev–Trinajstić information content (AvgIpc) is 3.20. The molecule has 1 saturated heterocycles. The van der Waals surface area contributed by atoms with Gasteiger partial charge in [0.15, 0.2) is 0 Å². The van der Waals surface area contributed by atoms with E-state index in [1.807, 2.05) is 36.4 Å². The van der Waals surface area contributed by atoms with E-state index in [1.165, 1.54) is 0 Å². The highest BCUT2D eigenvalue weighted by atomic mass is 16.5. The molecule has 2 aromatic rings. The van der Waals surface area contributed by atoms with Crippen LogP contribution in [0.3, 0.4) is 0 Å². The van der Waals surface area contributed by atoms with Gasteiger partial charge in [0.1, 0.15) is 6.61 Å². The number of hydrogen-bond donors (Lipinski definition) is 4. The highest BCUT2D eigenvalue weighted by molar-refractivity contribution is 5.83. The highest BCUT2D eigenvalue weighted by Crippen LogP contribution is 2.17. The number of fused-ring (bicyclic) bond motifs is 1. The SMILES string of the molecule is CC(C)C[C@H](COc1ccc2ccccc2n1)NC(=O)[C@@H]1C[C@@H](NC(=O)CN)CN1. The third kappa shape index (κ3) is 6.14. The number of nitrogens with zero attached hydrogens (tertiary/aromatic N) is 1. The van der Waals surface area contributed by atoms with Gasteiger partial charge in [-0.1, -0.05) is 32.0 Å². The fourth-order valence-corrected chi connectivity index (χ4v) is 3.69. The summed E-state index contributed by atoms with van der Waals surface area (Å²) >= 11 is 0. The zero-order valence-corrected chi connectivity index (χ0v) is 17.6. The number of carbonyl (C=O) groups is 2. The number of carbonyl (C=O) groups excluding carboxylic acids is 2. The molecule has 1 aliphatic heterocycles. The van der Waals surface area contributed by atoms with Gasteiger partial charge in [-0.15, -0.1) is 0 Å². The Morgan fingerprint density at radius 1 is 1.27 bits per heavy atom. The van der Waals surface area contributed by atoms with Crippen molar-refractivity contribution in [1.29, 1.82) is 0 Å². The number of pyridine rings is 1. The number of para-hydroxylation sites is 1. The molecule has 0 bridgehead atoms. The predicted octanol–water partition coefficient (Wildman–Crippen LogP) is 0.950. The van der Waals surface area contributed by atoms with Crippen molar-refractivity contribution < 1.29 is 14.3 Å². The number of rotatable bonds is 9. The van der Waals surface area contributed by atoms with Crippen LogP contribution in [0.4, 0.5) is 0 Å². The first-order valence-corrected chi connectivity index (χ1v) is 10.5. The van der Waals surface area contributed by atoms with Crippen LogP contribution < -0.4 is 26.4 Å². The molecule has 0 spiro atoms. The van der Waals surface area contributed by atoms with Crippen LogP contribution >= 0.6 is 0 Å². The molecule has 5 N–H and O–H groups in total. The maximum absolute atomic E-state index is 12.7. The van der Waals surface area contributed by atoms with Crippen LogP contribution in [0.2, 0.25) is 0 Å². The maximum atomic E-state index is 12.7. The molecule has 0 aliphatic carbocycles. The van der Waals surface area contributed by atoms with Crippen molar-refractivity contribution in [3.05, 3.63) is 36.4 Å². The summed E-state index contributed by atoms with van der Waals surface area (Å²) in [6.07, 6.45) is 1.33. The van der Waals surface area contributed by atoms with E-state index in [0.717, 1.165) is 17.3 Å². The Hall–Kier alpha value is -2.71. The van der Waals surface area contributed by atoms with E-state index in [-0.39, 0.29) is 36.5 Å². The predicted molar refractivity (Wildman–Crippen MR) is 116 cm³/mol. The van der Waals surface area contributed by atoms with E-state index in [4.69, 9.17) is 10.5 Å². The Labute approximate surface area is 176 Å². The molecule has 3 atom stereocenters. The first kappa shape index (κ1) is 22.0. The van der Waals surface area contributed by atoms with E-state index in [9.17, 15) is 9.59 Å². The van der Waals surface area contributed by atoms with Crippen molar-refractivity contribution in [1.82, 2.24) is 20.9 Å². The summed E-state index contributed by atoms with van der Waals surface area (Å²) in [5.74, 6) is 0.647. The van der Waals surface area contributed by atoms with E-state index < -0.39 is 0 Å². The fourth-order valence-electron chi connectivity index (χ4n) is 3.69. The molecule has 2 amide bonds. The molecule has 0 radical (unpaired) electrons. The van der Waals surface area contributed by atoms with Crippen molar-refractivity contribution in [2.75, 3.05) is 19.7 Å². The third-order valence-electron chi connectivity index (χ3n) is 5.11. The fraction of sp³-hybridized carbons (Fsp3) is 0.500. The Morgan fingerprint density at radius 2 is 2.07 bits per heavy atom. The van der Waals surface area contributed by atoms with Crippen molar-refractivity contribution in [3.63, 3.8) is 0 Å². The van der Waals surface area contributed by atoms with E-state index in [2.05, 4.69) is 34.8 Å². The number of aromatic nitrogens is 1. The van der Waals surface area contributed by atoms with Gasteiger partial charge in [-0.05, 0) is 30.9 Å². The molecule has 1 aliphatic rings. The molecule has 1 aromatic carbocycles. The van der Waals surface area contributed by atoms with Crippen LogP contribution in [0.25, 0.3) is 10.9 Å². The van der Waals surface area contributed by atoms with Crippen LogP contribution in [0.15, 0.2) is 36.4 Å². The zero-order valence-electron chi connectivity index (χ0n) is 17.6. The minimum Gasteiger partial charge on any atom is -0.475 e. The Kier molecular flexibility index (Phi) is 7.59. The normalized spacial score (nSPS) is 19.6. The largest absolute Gasteiger partial charge is 0.475 e. The molecule has 162 valence electrons. The standard InChI is InChI=1S/C22H31N5O3/c1-14(2)9-17(13-30-21-8-7-15-5-3-4-6-18(15)27-21)26-22(29)19-10-16(12-24-19)25-20(28)11-23/h3-8,14,16-17,19,24H,9-13,23H2,1-2H3,(H,25,28)(H,26,29)/t16-,17-,19+/m1/s1. The number of ether oxygens (including phenoxy) is 1. The monoisotopic (exact) mass is 413 g/mol. The third-order valence-corrected chi connectivity index (χ3v) is 5.11. The second kappa shape index (κ2) is 10.4. The lowest BCUT2D eigenvalue weighted by Crippen LogP contribution is -2.47. The Balaban J connectivity index is 1.56. The van der Waals surface area contributed by atoms with Gasteiger partial charge in [0.25, 0.3) is 0 Å². The minimum absolute atomic E-state index is 0.0516. The van der Waals surface area contributed by atoms with Crippen LogP contribution in [0.5, 0.6) is 5.88 Å². The molecule has 0 saturated carbocycles. The molecular weight excluding hydrogens is 382 g/mol. The quantitative estimate of drug-likeness (QED) is 0.486. The summed E-state index contributed by atoms with van der Waals surface area (Å²) in [6.45, 7) is 5.06. The summed E-state index contributed by atoms with van der Waals surface area (Å²) in [7, 11) is 0. The van der Waals surface area contributed by atoms with Crippen LogP contribution in [0.1, 0.15) is 26.7 Å². The van der Waals surface area contributed by atoms with Crippen LogP contribution in [-0.4, -0.2) is 54.6 Å². The molecule has 1 aromatic heterocycles. The lowest BCUT2D eigenvalue weighted by atomic mass is 10.0. The Bertz CT molecular complexity index is 873. The van der Waals surface area contributed by atoms with Gasteiger partial charge < -0.3 is 26.4 Å². The van der Waals surface area contributed by atoms with E-state index >= 15 is 0 Å². The van der Waals surface area contributed by atoms with Crippen molar-refractivity contribution in [3.8, 4) is 5.88 Å². The summed E-state index contributed by atoms with van der Waals surface area (Å²) in [4.78, 5) is 28.7. The second-order valence-electron chi connectivity index (χ2n) is 8.15. The smallest absolute Gasteiger partial charge is 0.237 e. The second-order valence-corrected chi connectivity index (χ2v) is 8.15. The summed E-state index contributed by atoms with van der Waals surface area (Å²) in [6, 6.07) is 11.1. The molecular formula is C22H31N5O3. The molecule has 30 heavy (non-hydrogen) atoms. The summed E-state index contributed by atoms with van der Waals surface area (Å²) in [5, 5.41) is 10.1. The van der Waals surface area contributed by atoms with Gasteiger partial charge in [-0.25, -0.2) is 4.98 Å². The van der Waals surface area contributed by atoms with Crippen LogP contribution in [0, 0.1) is 5.92 Å². The molecule has 8 nitrogen and oxygen atoms in total. The van der Waals surface area contributed by atoms with Gasteiger partial charge >= 0.3 is 0 Å². The zero-order chi connectivity index (χ0) is 21.5. The van der Waals surface area contributed by atoms with Gasteiger partial charge in [-0.2, -0.15) is 0 Å². The molecule has 3 rings (SSSR count). The number of nitrogens with two attached hydrogens (primary N) is 1. The number of benzene rings is 1. The average molecular weight is 414 g/mol. The van der Waals surface area contributed by atoms with Gasteiger partial charge in [-0.3, -0.25) is 9.59 Å². The van der Waals surface area contributed by atoms with E-state index in [0.29, 0.717) is 31.4 Å². The Morgan fingerprint density at radius 3 is 2.83 bits per heavy atom. The van der Waals surface area contributed by atoms with E-state index in [1.54, 1.807) is 0 Å². The molecule has 1 fully saturated rings. The van der Waals surface area contributed by atoms with Crippen molar-refractivity contribution in [2.45, 2.75) is 44.8 Å². The van der Waals surface area contributed by atoms with Gasteiger partial charge in [0, 0.05) is 24.0 Å². The summed E-state index contributed by atoms with van der Waals surface area (Å²) in [5.41, 5.74) is 6.21. The maximum Gasteiger partial charge on any atom is 0.237 e. The first-order chi connectivity index (χ1) is 14.4. The summed E-state index contributed by atoms with van der Waals surface area (Å²) < 4.78 is 5.91. The van der Waals surface area contributed by atoms with Gasteiger partial charge in [0.2, 0.25) is 17.7 Å². The van der Waals surface area contributed by atoms with Crippen molar-refractivity contribution in [2.24, 2.45) is 11.7 Å². The number of nitrogens with one attached hydrogen (secondary N) is 3. The highest BCUT2D eigenvalue weighted by Gasteiger charge is 2.31. The molecule has 2 heterocycles. The number of hydrogen-bond acceptors (Lipinski definition) is 6. The lowest BCUT2D eigenvalue weighted by molar-refractivity contribution is -0.124. The van der Waals surface area contributed by atoms with Gasteiger partial charge in [0.05, 0.1) is 24.1 Å². The molecule has 0 unspecified atom stereocenters. The number of amides is 2. The lowest BCUT2D eigenvalue weighted by Gasteiger charge is -2.23. The minimum atomic E-state index is -0.346. The van der Waals surface area contributed by atoms with Crippen LogP contribution in [-0.2, 0) is 9.59 Å². The topological polar surface area (TPSA) is 118 Å².